The molecule has 0 unspecified atom stereocenters. The number of ether oxygens (including phenoxy) is 2. The van der Waals surface area contributed by atoms with E-state index < -0.39 is 5.60 Å². The highest BCUT2D eigenvalue weighted by molar-refractivity contribution is 9.09. The van der Waals surface area contributed by atoms with Crippen molar-refractivity contribution < 1.29 is 19.4 Å². The van der Waals surface area contributed by atoms with E-state index in [9.17, 15) is 9.90 Å². The number of halogens is 1. The highest BCUT2D eigenvalue weighted by Crippen LogP contribution is 2.68. The van der Waals surface area contributed by atoms with Crippen LogP contribution in [0, 0.1) is 28.6 Å². The minimum atomic E-state index is -0.835. The van der Waals surface area contributed by atoms with Gasteiger partial charge in [-0.1, -0.05) is 48.0 Å². The molecule has 4 fully saturated rings. The maximum atomic E-state index is 12.0. The third-order valence-corrected chi connectivity index (χ3v) is 11.2. The highest BCUT2D eigenvalue weighted by atomic mass is 79.9. The van der Waals surface area contributed by atoms with Crippen molar-refractivity contribution in [3.8, 4) is 5.75 Å². The van der Waals surface area contributed by atoms with Gasteiger partial charge in [-0.3, -0.25) is 4.79 Å². The quantitative estimate of drug-likeness (QED) is 0.411. The van der Waals surface area contributed by atoms with Gasteiger partial charge >= 0.3 is 5.97 Å². The molecule has 1 N–H and O–H groups in total. The molecule has 4 nitrogen and oxygen atoms in total. The number of carbonyl (C=O) groups is 1. The molecule has 0 bridgehead atoms. The average molecular weight is 505 g/mol. The topological polar surface area (TPSA) is 55.8 Å². The maximum Gasteiger partial charge on any atom is 0.302 e. The van der Waals surface area contributed by atoms with Crippen LogP contribution in [-0.2, 0) is 9.53 Å². The summed E-state index contributed by atoms with van der Waals surface area (Å²) < 4.78 is 12.1. The molecule has 9 atom stereocenters. The molecule has 0 spiro atoms. The second kappa shape index (κ2) is 8.01. The SMILES string of the molecule is CC(=O)O[C@@H]1CC[C@]2(C)[C@H]3CC[C@]4(C)[C@@H](Oc5ccccc5)CC[C@H]4[C@@H]3C[C@H](Br)[C@]2(O)C1. The van der Waals surface area contributed by atoms with Crippen molar-refractivity contribution in [2.75, 3.05) is 0 Å². The Labute approximate surface area is 200 Å². The van der Waals surface area contributed by atoms with E-state index in [4.69, 9.17) is 9.47 Å². The van der Waals surface area contributed by atoms with Crippen LogP contribution in [0.2, 0.25) is 0 Å². The molecule has 1 aromatic rings. The summed E-state index contributed by atoms with van der Waals surface area (Å²) in [5.41, 5.74) is -0.802. The van der Waals surface area contributed by atoms with Crippen LogP contribution in [-0.4, -0.2) is 33.7 Å². The lowest BCUT2D eigenvalue weighted by Crippen LogP contribution is -2.67. The zero-order valence-electron chi connectivity index (χ0n) is 19.6. The van der Waals surface area contributed by atoms with Crippen molar-refractivity contribution in [1.82, 2.24) is 0 Å². The van der Waals surface area contributed by atoms with Gasteiger partial charge in [-0.05, 0) is 74.8 Å². The van der Waals surface area contributed by atoms with Crippen molar-refractivity contribution in [1.29, 1.82) is 0 Å². The van der Waals surface area contributed by atoms with Gasteiger partial charge in [0.2, 0.25) is 0 Å². The van der Waals surface area contributed by atoms with Gasteiger partial charge in [0, 0.05) is 29.0 Å². The Hall–Kier alpha value is -1.07. The highest BCUT2D eigenvalue weighted by Gasteiger charge is 2.67. The van der Waals surface area contributed by atoms with E-state index in [0.29, 0.717) is 24.2 Å². The van der Waals surface area contributed by atoms with Crippen LogP contribution in [0.4, 0.5) is 0 Å². The minimum absolute atomic E-state index is 0.0241. The Bertz CT molecular complexity index is 860. The fourth-order valence-corrected chi connectivity index (χ4v) is 9.48. The van der Waals surface area contributed by atoms with Crippen molar-refractivity contribution >= 4 is 21.9 Å². The third-order valence-electron chi connectivity index (χ3n) is 10.0. The summed E-state index contributed by atoms with van der Waals surface area (Å²) in [4.78, 5) is 11.6. The summed E-state index contributed by atoms with van der Waals surface area (Å²) in [5.74, 6) is 2.47. The summed E-state index contributed by atoms with van der Waals surface area (Å²) in [6.07, 6.45) is 8.00. The molecule has 1 aromatic carbocycles. The van der Waals surface area contributed by atoms with Gasteiger partial charge in [-0.2, -0.15) is 0 Å². The summed E-state index contributed by atoms with van der Waals surface area (Å²) in [7, 11) is 0. The molecular weight excluding hydrogens is 468 g/mol. The summed E-state index contributed by atoms with van der Waals surface area (Å²) in [5, 5.41) is 12.0. The van der Waals surface area contributed by atoms with E-state index in [2.05, 4.69) is 41.9 Å². The van der Waals surface area contributed by atoms with Crippen LogP contribution in [0.25, 0.3) is 0 Å². The smallest absolute Gasteiger partial charge is 0.302 e. The molecule has 0 amide bonds. The van der Waals surface area contributed by atoms with E-state index in [1.54, 1.807) is 0 Å². The van der Waals surface area contributed by atoms with Crippen molar-refractivity contribution in [2.24, 2.45) is 28.6 Å². The molecule has 0 aliphatic heterocycles. The Kier molecular flexibility index (Phi) is 5.68. The van der Waals surface area contributed by atoms with Gasteiger partial charge in [-0.15, -0.1) is 0 Å². The van der Waals surface area contributed by atoms with Crippen molar-refractivity contribution in [2.45, 2.75) is 94.8 Å². The predicted octanol–water partition coefficient (Wildman–Crippen LogP) is 5.90. The Morgan fingerprint density at radius 3 is 2.53 bits per heavy atom. The zero-order chi connectivity index (χ0) is 22.7. The number of rotatable bonds is 3. The van der Waals surface area contributed by atoms with Crippen molar-refractivity contribution in [3.05, 3.63) is 30.3 Å². The summed E-state index contributed by atoms with van der Waals surface area (Å²) in [6, 6.07) is 10.3. The number of benzene rings is 1. The molecule has 32 heavy (non-hydrogen) atoms. The molecule has 5 heteroatoms. The molecule has 176 valence electrons. The molecular formula is C27H37BrO4. The average Bonchev–Trinajstić information content (AvgIpc) is 3.07. The lowest BCUT2D eigenvalue weighted by molar-refractivity contribution is -0.219. The first-order valence-electron chi connectivity index (χ1n) is 12.4. The van der Waals surface area contributed by atoms with Crippen LogP contribution in [0.5, 0.6) is 5.75 Å². The number of aliphatic hydroxyl groups is 1. The van der Waals surface area contributed by atoms with E-state index in [1.165, 1.54) is 13.3 Å². The first-order chi connectivity index (χ1) is 15.2. The standard InChI is InChI=1S/C27H37BrO4/c1-17(29)31-19-11-14-26(3)22-12-13-25(2)21(20(22)15-23(28)27(26,30)16-19)9-10-24(25)32-18-7-5-4-6-8-18/h4-8,19-24,30H,9-16H2,1-3H3/t19-,20+,21+,22+,23+,24+,25+,26-,27-/m1/s1. The summed E-state index contributed by atoms with van der Waals surface area (Å²) >= 11 is 3.94. The van der Waals surface area contributed by atoms with Crippen molar-refractivity contribution in [3.63, 3.8) is 0 Å². The van der Waals surface area contributed by atoms with Gasteiger partial charge in [0.25, 0.3) is 0 Å². The second-order valence-electron chi connectivity index (χ2n) is 11.4. The minimum Gasteiger partial charge on any atom is -0.490 e. The molecule has 4 aliphatic rings. The Balaban J connectivity index is 1.39. The number of esters is 1. The fourth-order valence-electron chi connectivity index (χ4n) is 8.34. The molecule has 0 saturated heterocycles. The van der Waals surface area contributed by atoms with Gasteiger partial charge in [-0.25, -0.2) is 0 Å². The monoisotopic (exact) mass is 504 g/mol. The number of hydrogen-bond acceptors (Lipinski definition) is 4. The number of para-hydroxylation sites is 1. The Morgan fingerprint density at radius 2 is 1.81 bits per heavy atom. The Morgan fingerprint density at radius 1 is 1.06 bits per heavy atom. The van der Waals surface area contributed by atoms with Crippen LogP contribution in [0.15, 0.2) is 30.3 Å². The second-order valence-corrected chi connectivity index (χ2v) is 12.5. The van der Waals surface area contributed by atoms with Crippen LogP contribution >= 0.6 is 15.9 Å². The maximum absolute atomic E-state index is 12.0. The van der Waals surface area contributed by atoms with Crippen LogP contribution < -0.4 is 4.74 Å². The third kappa shape index (κ3) is 3.36. The summed E-state index contributed by atoms with van der Waals surface area (Å²) in [6.45, 7) is 6.24. The lowest BCUT2D eigenvalue weighted by Gasteiger charge is -2.65. The molecule has 4 aliphatic carbocycles. The molecule has 0 radical (unpaired) electrons. The van der Waals surface area contributed by atoms with E-state index in [-0.39, 0.29) is 33.8 Å². The number of fused-ring (bicyclic) bond motifs is 5. The first kappa shape index (κ1) is 22.7. The lowest BCUT2D eigenvalue weighted by atomic mass is 9.43. The van der Waals surface area contributed by atoms with E-state index in [0.717, 1.165) is 44.3 Å². The van der Waals surface area contributed by atoms with Crippen LogP contribution in [0.1, 0.15) is 72.1 Å². The fraction of sp³-hybridized carbons (Fsp3) is 0.741. The zero-order valence-corrected chi connectivity index (χ0v) is 21.1. The normalized spacial score (nSPS) is 47.7. The molecule has 4 saturated carbocycles. The first-order valence-corrected chi connectivity index (χ1v) is 13.3. The number of alkyl halides is 1. The number of hydrogen-bond donors (Lipinski definition) is 1. The van der Waals surface area contributed by atoms with Gasteiger partial charge < -0.3 is 14.6 Å². The van der Waals surface area contributed by atoms with E-state index in [1.807, 2.05) is 18.2 Å². The van der Waals surface area contributed by atoms with Crippen LogP contribution in [0.3, 0.4) is 0 Å². The molecule has 0 aromatic heterocycles. The number of carbonyl (C=O) groups excluding carboxylic acids is 1. The van der Waals surface area contributed by atoms with Gasteiger partial charge in [0.05, 0.1) is 5.60 Å². The van der Waals surface area contributed by atoms with Gasteiger partial charge in [0.15, 0.2) is 0 Å². The van der Waals surface area contributed by atoms with E-state index >= 15 is 0 Å². The molecule has 5 rings (SSSR count). The van der Waals surface area contributed by atoms with Gasteiger partial charge in [0.1, 0.15) is 18.0 Å². The largest absolute Gasteiger partial charge is 0.490 e. The predicted molar refractivity (Wildman–Crippen MR) is 128 cm³/mol. The molecule has 0 heterocycles.